The highest BCUT2D eigenvalue weighted by atomic mass is 32.1. The molecule has 5 nitrogen and oxygen atoms in total. The number of ether oxygens (including phenoxy) is 1. The number of thiophene rings is 1. The lowest BCUT2D eigenvalue weighted by Crippen LogP contribution is -2.53. The van der Waals surface area contributed by atoms with Crippen LogP contribution in [0.5, 0.6) is 5.75 Å². The van der Waals surface area contributed by atoms with Crippen LogP contribution in [0.1, 0.15) is 22.2 Å². The molecule has 0 radical (unpaired) electrons. The maximum absolute atomic E-state index is 12.6. The Morgan fingerprint density at radius 3 is 2.44 bits per heavy atom. The molecule has 0 bridgehead atoms. The summed E-state index contributed by atoms with van der Waals surface area (Å²) in [5.74, 6) is 0.711. The first-order valence-corrected chi connectivity index (χ1v) is 9.27. The molecule has 0 saturated carbocycles. The fourth-order valence-corrected chi connectivity index (χ4v) is 3.58. The van der Waals surface area contributed by atoms with Gasteiger partial charge in [0.25, 0.3) is 11.8 Å². The third-order valence-corrected chi connectivity index (χ3v) is 5.12. The summed E-state index contributed by atoms with van der Waals surface area (Å²) in [4.78, 5) is 29.3. The Kier molecular flexibility index (Phi) is 5.38. The van der Waals surface area contributed by atoms with Crippen LogP contribution < -0.4 is 4.74 Å². The van der Waals surface area contributed by atoms with Crippen molar-refractivity contribution in [1.82, 2.24) is 9.80 Å². The topological polar surface area (TPSA) is 49.9 Å². The Morgan fingerprint density at radius 2 is 1.80 bits per heavy atom. The van der Waals surface area contributed by atoms with Gasteiger partial charge in [0.15, 0.2) is 6.10 Å². The van der Waals surface area contributed by atoms with E-state index in [-0.39, 0.29) is 11.8 Å². The van der Waals surface area contributed by atoms with Gasteiger partial charge in [0.1, 0.15) is 5.75 Å². The standard InChI is InChI=1S/C19H22N2O3S/c1-14-5-3-6-16(13-14)24-15(2)18(22)20-8-10-21(11-9-20)19(23)17-7-4-12-25-17/h3-7,12-13,15H,8-11H2,1-2H3/t15-/m0/s1. The summed E-state index contributed by atoms with van der Waals surface area (Å²) in [6.45, 7) is 5.95. The van der Waals surface area contributed by atoms with Gasteiger partial charge in [-0.2, -0.15) is 0 Å². The highest BCUT2D eigenvalue weighted by molar-refractivity contribution is 7.12. The van der Waals surface area contributed by atoms with E-state index in [2.05, 4.69) is 0 Å². The number of piperazine rings is 1. The molecule has 1 aromatic heterocycles. The van der Waals surface area contributed by atoms with Gasteiger partial charge in [-0.25, -0.2) is 0 Å². The predicted octanol–water partition coefficient (Wildman–Crippen LogP) is 2.81. The van der Waals surface area contributed by atoms with E-state index in [1.165, 1.54) is 11.3 Å². The second kappa shape index (κ2) is 7.70. The van der Waals surface area contributed by atoms with Gasteiger partial charge < -0.3 is 14.5 Å². The van der Waals surface area contributed by atoms with Crippen LogP contribution in [0.3, 0.4) is 0 Å². The number of hydrogen-bond donors (Lipinski definition) is 0. The molecule has 0 N–H and O–H groups in total. The molecule has 1 aliphatic rings. The first-order chi connectivity index (χ1) is 12.0. The van der Waals surface area contributed by atoms with Gasteiger partial charge in [0, 0.05) is 26.2 Å². The average molecular weight is 358 g/mol. The first-order valence-electron chi connectivity index (χ1n) is 8.39. The molecule has 1 saturated heterocycles. The Labute approximate surface area is 151 Å². The molecule has 2 aromatic rings. The number of carbonyl (C=O) groups is 2. The third kappa shape index (κ3) is 4.20. The summed E-state index contributed by atoms with van der Waals surface area (Å²) in [5, 5.41) is 1.90. The molecule has 0 spiro atoms. The summed E-state index contributed by atoms with van der Waals surface area (Å²) in [7, 11) is 0. The molecular weight excluding hydrogens is 336 g/mol. The lowest BCUT2D eigenvalue weighted by atomic mass is 10.2. The second-order valence-corrected chi connectivity index (χ2v) is 7.12. The third-order valence-electron chi connectivity index (χ3n) is 4.26. The van der Waals surface area contributed by atoms with E-state index >= 15 is 0 Å². The van der Waals surface area contributed by atoms with E-state index in [0.717, 1.165) is 10.4 Å². The minimum Gasteiger partial charge on any atom is -0.481 e. The maximum Gasteiger partial charge on any atom is 0.264 e. The molecule has 25 heavy (non-hydrogen) atoms. The molecule has 1 aliphatic heterocycles. The summed E-state index contributed by atoms with van der Waals surface area (Å²) < 4.78 is 5.77. The monoisotopic (exact) mass is 358 g/mol. The molecule has 1 aromatic carbocycles. The summed E-state index contributed by atoms with van der Waals surface area (Å²) in [5.41, 5.74) is 1.10. The van der Waals surface area contributed by atoms with Gasteiger partial charge in [-0.1, -0.05) is 18.2 Å². The van der Waals surface area contributed by atoms with Crippen molar-refractivity contribution in [2.24, 2.45) is 0 Å². The number of benzene rings is 1. The largest absolute Gasteiger partial charge is 0.481 e. The molecule has 0 unspecified atom stereocenters. The lowest BCUT2D eigenvalue weighted by molar-refractivity contribution is -0.139. The molecule has 3 rings (SSSR count). The van der Waals surface area contributed by atoms with Crippen LogP contribution in [0.4, 0.5) is 0 Å². The lowest BCUT2D eigenvalue weighted by Gasteiger charge is -2.35. The van der Waals surface area contributed by atoms with Crippen molar-refractivity contribution in [3.8, 4) is 5.75 Å². The second-order valence-electron chi connectivity index (χ2n) is 6.17. The summed E-state index contributed by atoms with van der Waals surface area (Å²) >= 11 is 1.45. The average Bonchev–Trinajstić information content (AvgIpc) is 3.15. The van der Waals surface area contributed by atoms with Crippen molar-refractivity contribution in [1.29, 1.82) is 0 Å². The zero-order valence-electron chi connectivity index (χ0n) is 14.5. The van der Waals surface area contributed by atoms with E-state index in [1.54, 1.807) is 11.8 Å². The van der Waals surface area contributed by atoms with E-state index in [9.17, 15) is 9.59 Å². The van der Waals surface area contributed by atoms with Crippen LogP contribution in [0.25, 0.3) is 0 Å². The molecule has 2 amide bonds. The quantitative estimate of drug-likeness (QED) is 0.844. The predicted molar refractivity (Wildman–Crippen MR) is 98.1 cm³/mol. The van der Waals surface area contributed by atoms with E-state index in [0.29, 0.717) is 31.9 Å². The fraction of sp³-hybridized carbons (Fsp3) is 0.368. The molecule has 0 aliphatic carbocycles. The minimum absolute atomic E-state index is 0.0373. The molecule has 6 heteroatoms. The fourth-order valence-electron chi connectivity index (χ4n) is 2.89. The molecular formula is C19H22N2O3S. The van der Waals surface area contributed by atoms with Gasteiger partial charge in [-0.3, -0.25) is 9.59 Å². The molecule has 1 atom stereocenters. The van der Waals surface area contributed by atoms with Gasteiger partial charge in [-0.05, 0) is 43.0 Å². The Balaban J connectivity index is 1.53. The number of amides is 2. The van der Waals surface area contributed by atoms with Crippen LogP contribution in [0, 0.1) is 6.92 Å². The van der Waals surface area contributed by atoms with Crippen molar-refractivity contribution < 1.29 is 14.3 Å². The van der Waals surface area contributed by atoms with E-state index in [1.807, 2.05) is 53.6 Å². The van der Waals surface area contributed by atoms with Crippen molar-refractivity contribution in [2.45, 2.75) is 20.0 Å². The van der Waals surface area contributed by atoms with Gasteiger partial charge in [0.2, 0.25) is 0 Å². The highest BCUT2D eigenvalue weighted by Gasteiger charge is 2.28. The van der Waals surface area contributed by atoms with E-state index < -0.39 is 6.10 Å². The van der Waals surface area contributed by atoms with Crippen LogP contribution in [-0.2, 0) is 4.79 Å². The maximum atomic E-state index is 12.6. The van der Waals surface area contributed by atoms with Crippen LogP contribution >= 0.6 is 11.3 Å². The number of nitrogens with zero attached hydrogens (tertiary/aromatic N) is 2. The summed E-state index contributed by atoms with van der Waals surface area (Å²) in [6, 6.07) is 11.4. The van der Waals surface area contributed by atoms with Gasteiger partial charge in [-0.15, -0.1) is 11.3 Å². The van der Waals surface area contributed by atoms with Crippen molar-refractivity contribution in [3.05, 3.63) is 52.2 Å². The number of carbonyl (C=O) groups excluding carboxylic acids is 2. The smallest absolute Gasteiger partial charge is 0.264 e. The number of rotatable bonds is 4. The van der Waals surface area contributed by atoms with Crippen LogP contribution in [-0.4, -0.2) is 53.9 Å². The van der Waals surface area contributed by atoms with Crippen LogP contribution in [0.2, 0.25) is 0 Å². The van der Waals surface area contributed by atoms with E-state index in [4.69, 9.17) is 4.74 Å². The Bertz CT molecular complexity index is 737. The summed E-state index contributed by atoms with van der Waals surface area (Å²) in [6.07, 6.45) is -0.540. The normalized spacial score (nSPS) is 15.8. The number of aryl methyl sites for hydroxylation is 1. The van der Waals surface area contributed by atoms with Crippen LogP contribution in [0.15, 0.2) is 41.8 Å². The zero-order chi connectivity index (χ0) is 17.8. The van der Waals surface area contributed by atoms with Crippen molar-refractivity contribution in [2.75, 3.05) is 26.2 Å². The zero-order valence-corrected chi connectivity index (χ0v) is 15.3. The Morgan fingerprint density at radius 1 is 1.08 bits per heavy atom. The van der Waals surface area contributed by atoms with Crippen molar-refractivity contribution in [3.63, 3.8) is 0 Å². The molecule has 132 valence electrons. The first kappa shape index (κ1) is 17.5. The SMILES string of the molecule is Cc1cccc(O[C@@H](C)C(=O)N2CCN(C(=O)c3cccs3)CC2)c1. The molecule has 1 fully saturated rings. The highest BCUT2D eigenvalue weighted by Crippen LogP contribution is 2.17. The minimum atomic E-state index is -0.540. The van der Waals surface area contributed by atoms with Crippen molar-refractivity contribution >= 4 is 23.2 Å². The molecule has 2 heterocycles. The van der Waals surface area contributed by atoms with Gasteiger partial charge in [0.05, 0.1) is 4.88 Å². The Hall–Kier alpha value is -2.34. The van der Waals surface area contributed by atoms with Gasteiger partial charge >= 0.3 is 0 Å². The number of hydrogen-bond acceptors (Lipinski definition) is 4.